The quantitative estimate of drug-likeness (QED) is 0.749. The van der Waals surface area contributed by atoms with Crippen LogP contribution < -0.4 is 0 Å². The molecule has 0 bridgehead atoms. The van der Waals surface area contributed by atoms with Crippen LogP contribution in [0.15, 0.2) is 48.7 Å². The van der Waals surface area contributed by atoms with Crippen LogP contribution >= 0.6 is 0 Å². The Kier molecular flexibility index (Phi) is 3.35. The summed E-state index contributed by atoms with van der Waals surface area (Å²) >= 11 is 0. The van der Waals surface area contributed by atoms with Crippen molar-refractivity contribution in [1.82, 2.24) is 4.98 Å². The van der Waals surface area contributed by atoms with Crippen molar-refractivity contribution >= 4 is 0 Å². The van der Waals surface area contributed by atoms with Crippen LogP contribution in [-0.4, -0.2) is 4.98 Å². The van der Waals surface area contributed by atoms with Crippen molar-refractivity contribution in [3.63, 3.8) is 0 Å². The van der Waals surface area contributed by atoms with Gasteiger partial charge < -0.3 is 0 Å². The Bertz CT molecular complexity index is 429. The number of aromatic nitrogens is 1. The molecule has 0 aliphatic heterocycles. The van der Waals surface area contributed by atoms with E-state index in [1.807, 2.05) is 12.3 Å². The summed E-state index contributed by atoms with van der Waals surface area (Å²) in [6.07, 6.45) is 3.02. The first-order valence-electron chi connectivity index (χ1n) is 5.76. The Labute approximate surface area is 97.2 Å². The van der Waals surface area contributed by atoms with Crippen LogP contribution in [0.4, 0.5) is 0 Å². The number of hydrogen-bond donors (Lipinski definition) is 0. The molecule has 16 heavy (non-hydrogen) atoms. The Morgan fingerprint density at radius 3 is 2.25 bits per heavy atom. The van der Waals surface area contributed by atoms with Crippen LogP contribution in [-0.2, 0) is 6.42 Å². The minimum absolute atomic E-state index is 0.662. The summed E-state index contributed by atoms with van der Waals surface area (Å²) in [4.78, 5) is 4.50. The van der Waals surface area contributed by atoms with Gasteiger partial charge in [0, 0.05) is 17.5 Å². The Morgan fingerprint density at radius 1 is 0.938 bits per heavy atom. The molecule has 0 unspecified atom stereocenters. The minimum Gasteiger partial charge on any atom is -0.261 e. The van der Waals surface area contributed by atoms with Crippen LogP contribution in [0.1, 0.15) is 19.5 Å². The predicted molar refractivity (Wildman–Crippen MR) is 68.2 cm³/mol. The van der Waals surface area contributed by atoms with E-state index in [0.717, 1.165) is 6.42 Å². The predicted octanol–water partition coefficient (Wildman–Crippen LogP) is 3.95. The molecule has 1 heteroatoms. The SMILES string of the molecule is CC(C)Cc1ccc(-c2ccccc2)cn1. The molecule has 0 atom stereocenters. The van der Waals surface area contributed by atoms with Crippen molar-refractivity contribution in [2.75, 3.05) is 0 Å². The smallest absolute Gasteiger partial charge is 0.0406 e. The number of rotatable bonds is 3. The van der Waals surface area contributed by atoms with E-state index in [1.165, 1.54) is 16.8 Å². The molecule has 2 rings (SSSR count). The lowest BCUT2D eigenvalue weighted by Crippen LogP contribution is -1.96. The third-order valence-corrected chi connectivity index (χ3v) is 2.55. The second kappa shape index (κ2) is 4.93. The molecule has 82 valence electrons. The zero-order valence-electron chi connectivity index (χ0n) is 9.85. The zero-order valence-corrected chi connectivity index (χ0v) is 9.85. The zero-order chi connectivity index (χ0) is 11.4. The lowest BCUT2D eigenvalue weighted by Gasteiger charge is -2.05. The molecule has 1 aromatic carbocycles. The van der Waals surface area contributed by atoms with Crippen LogP contribution in [0.2, 0.25) is 0 Å². The first-order valence-corrected chi connectivity index (χ1v) is 5.76. The van der Waals surface area contributed by atoms with E-state index in [9.17, 15) is 0 Å². The average Bonchev–Trinajstić information content (AvgIpc) is 2.30. The fourth-order valence-electron chi connectivity index (χ4n) is 1.76. The Balaban J connectivity index is 2.20. The maximum absolute atomic E-state index is 4.50. The van der Waals surface area contributed by atoms with Crippen LogP contribution in [0.3, 0.4) is 0 Å². The standard InChI is InChI=1S/C15H17N/c1-12(2)10-15-9-8-14(11-16-15)13-6-4-3-5-7-13/h3-9,11-12H,10H2,1-2H3. The first kappa shape index (κ1) is 10.9. The van der Waals surface area contributed by atoms with E-state index in [4.69, 9.17) is 0 Å². The van der Waals surface area contributed by atoms with E-state index in [1.54, 1.807) is 0 Å². The molecule has 0 aliphatic rings. The molecule has 1 aromatic heterocycles. The maximum Gasteiger partial charge on any atom is 0.0406 e. The molecule has 2 aromatic rings. The van der Waals surface area contributed by atoms with Gasteiger partial charge in [-0.05, 0) is 24.0 Å². The third kappa shape index (κ3) is 2.69. The molecule has 0 amide bonds. The van der Waals surface area contributed by atoms with Gasteiger partial charge in [-0.3, -0.25) is 4.98 Å². The monoisotopic (exact) mass is 211 g/mol. The van der Waals surface area contributed by atoms with Gasteiger partial charge in [0.1, 0.15) is 0 Å². The maximum atomic E-state index is 4.50. The molecule has 0 radical (unpaired) electrons. The number of nitrogens with zero attached hydrogens (tertiary/aromatic N) is 1. The molecule has 1 nitrogen and oxygen atoms in total. The largest absolute Gasteiger partial charge is 0.261 e. The van der Waals surface area contributed by atoms with Crippen molar-refractivity contribution in [1.29, 1.82) is 0 Å². The molecular formula is C15H17N. The van der Waals surface area contributed by atoms with Crippen molar-refractivity contribution in [2.24, 2.45) is 5.92 Å². The van der Waals surface area contributed by atoms with Crippen molar-refractivity contribution in [2.45, 2.75) is 20.3 Å². The molecular weight excluding hydrogens is 194 g/mol. The van der Waals surface area contributed by atoms with Gasteiger partial charge in [0.05, 0.1) is 0 Å². The van der Waals surface area contributed by atoms with E-state index >= 15 is 0 Å². The van der Waals surface area contributed by atoms with E-state index in [0.29, 0.717) is 5.92 Å². The van der Waals surface area contributed by atoms with Crippen molar-refractivity contribution < 1.29 is 0 Å². The highest BCUT2D eigenvalue weighted by molar-refractivity contribution is 5.62. The number of hydrogen-bond acceptors (Lipinski definition) is 1. The summed E-state index contributed by atoms with van der Waals surface area (Å²) < 4.78 is 0. The van der Waals surface area contributed by atoms with Crippen molar-refractivity contribution in [3.8, 4) is 11.1 Å². The fraction of sp³-hybridized carbons (Fsp3) is 0.267. The van der Waals surface area contributed by atoms with Gasteiger partial charge in [-0.25, -0.2) is 0 Å². The lowest BCUT2D eigenvalue weighted by atomic mass is 10.0. The van der Waals surface area contributed by atoms with Crippen LogP contribution in [0.25, 0.3) is 11.1 Å². The molecule has 0 saturated heterocycles. The molecule has 0 spiro atoms. The highest BCUT2D eigenvalue weighted by Gasteiger charge is 2.00. The molecule has 0 aliphatic carbocycles. The first-order chi connectivity index (χ1) is 7.75. The second-order valence-electron chi connectivity index (χ2n) is 4.50. The van der Waals surface area contributed by atoms with Gasteiger partial charge in [0.2, 0.25) is 0 Å². The van der Waals surface area contributed by atoms with Crippen LogP contribution in [0, 0.1) is 5.92 Å². The second-order valence-corrected chi connectivity index (χ2v) is 4.50. The Morgan fingerprint density at radius 2 is 1.69 bits per heavy atom. The third-order valence-electron chi connectivity index (χ3n) is 2.55. The summed E-state index contributed by atoms with van der Waals surface area (Å²) in [6.45, 7) is 4.43. The summed E-state index contributed by atoms with van der Waals surface area (Å²) in [6, 6.07) is 14.6. The van der Waals surface area contributed by atoms with Gasteiger partial charge in [0.15, 0.2) is 0 Å². The van der Waals surface area contributed by atoms with Gasteiger partial charge in [-0.1, -0.05) is 50.2 Å². The Hall–Kier alpha value is -1.63. The van der Waals surface area contributed by atoms with E-state index in [2.05, 4.69) is 55.2 Å². The summed E-state index contributed by atoms with van der Waals surface area (Å²) in [5.74, 6) is 0.662. The normalized spacial score (nSPS) is 10.7. The highest BCUT2D eigenvalue weighted by Crippen LogP contribution is 2.18. The van der Waals surface area contributed by atoms with E-state index < -0.39 is 0 Å². The average molecular weight is 211 g/mol. The van der Waals surface area contributed by atoms with Gasteiger partial charge >= 0.3 is 0 Å². The van der Waals surface area contributed by atoms with Gasteiger partial charge in [-0.2, -0.15) is 0 Å². The molecule has 1 heterocycles. The lowest BCUT2D eigenvalue weighted by molar-refractivity contribution is 0.635. The molecule has 0 saturated carbocycles. The molecule has 0 fully saturated rings. The van der Waals surface area contributed by atoms with Crippen LogP contribution in [0.5, 0.6) is 0 Å². The van der Waals surface area contributed by atoms with Gasteiger partial charge in [0.25, 0.3) is 0 Å². The van der Waals surface area contributed by atoms with Crippen molar-refractivity contribution in [3.05, 3.63) is 54.4 Å². The minimum atomic E-state index is 0.662. The number of pyridine rings is 1. The molecule has 0 N–H and O–H groups in total. The van der Waals surface area contributed by atoms with Gasteiger partial charge in [-0.15, -0.1) is 0 Å². The summed E-state index contributed by atoms with van der Waals surface area (Å²) in [7, 11) is 0. The highest BCUT2D eigenvalue weighted by atomic mass is 14.7. The fourth-order valence-corrected chi connectivity index (χ4v) is 1.76. The van der Waals surface area contributed by atoms with E-state index in [-0.39, 0.29) is 0 Å². The summed E-state index contributed by atoms with van der Waals surface area (Å²) in [5.41, 5.74) is 3.59. The number of benzene rings is 1. The summed E-state index contributed by atoms with van der Waals surface area (Å²) in [5, 5.41) is 0. The topological polar surface area (TPSA) is 12.9 Å².